The van der Waals surface area contributed by atoms with Crippen molar-refractivity contribution in [1.82, 2.24) is 10.6 Å². The van der Waals surface area contributed by atoms with Crippen molar-refractivity contribution in [3.05, 3.63) is 35.4 Å². The van der Waals surface area contributed by atoms with Gasteiger partial charge in [0.25, 0.3) is 0 Å². The van der Waals surface area contributed by atoms with Crippen molar-refractivity contribution < 1.29 is 9.53 Å². The number of carbonyl (C=O) groups excluding carboxylic acids is 1. The van der Waals surface area contributed by atoms with E-state index in [0.717, 1.165) is 5.56 Å². The normalized spacial score (nSPS) is 10.7. The molecule has 0 aliphatic heterocycles. The fourth-order valence-electron chi connectivity index (χ4n) is 1.58. The van der Waals surface area contributed by atoms with Crippen LogP contribution in [0.1, 0.15) is 22.8 Å². The van der Waals surface area contributed by atoms with Crippen LogP contribution in [0.4, 0.5) is 0 Å². The molecule has 0 bridgehead atoms. The number of halogens is 1. The van der Waals surface area contributed by atoms with Crippen LogP contribution in [-0.4, -0.2) is 38.7 Å². The number of ether oxygens (including phenoxy) is 1. The number of aliphatic imine (C=N–C) groups is 1. The molecule has 0 aliphatic rings. The summed E-state index contributed by atoms with van der Waals surface area (Å²) in [5, 5.41) is 6.32. The molecule has 4 N–H and O–H groups in total. The van der Waals surface area contributed by atoms with Gasteiger partial charge in [0.05, 0.1) is 6.61 Å². The van der Waals surface area contributed by atoms with E-state index in [4.69, 9.17) is 10.5 Å². The molecule has 118 valence electrons. The van der Waals surface area contributed by atoms with E-state index in [0.29, 0.717) is 37.8 Å². The van der Waals surface area contributed by atoms with E-state index in [-0.39, 0.29) is 24.0 Å². The minimum Gasteiger partial charge on any atom is -0.380 e. The van der Waals surface area contributed by atoms with E-state index >= 15 is 0 Å². The summed E-state index contributed by atoms with van der Waals surface area (Å²) in [6.45, 7) is 4.63. The molecule has 0 saturated heterocycles. The number of benzene rings is 1. The Morgan fingerprint density at radius 2 is 1.95 bits per heavy atom. The molecular formula is C14H23IN4O2. The van der Waals surface area contributed by atoms with Crippen molar-refractivity contribution in [3.63, 3.8) is 0 Å². The van der Waals surface area contributed by atoms with E-state index in [1.807, 2.05) is 19.1 Å². The number of nitrogens with one attached hydrogen (secondary N) is 2. The van der Waals surface area contributed by atoms with Gasteiger partial charge in [-0.15, -0.1) is 24.0 Å². The quantitative estimate of drug-likeness (QED) is 0.274. The zero-order valence-corrected chi connectivity index (χ0v) is 14.7. The SMILES string of the molecule is CCOCCNC(=NC)NCc1ccc(C(N)=O)cc1.I. The summed E-state index contributed by atoms with van der Waals surface area (Å²) in [5.41, 5.74) is 6.74. The molecule has 0 radical (unpaired) electrons. The smallest absolute Gasteiger partial charge is 0.248 e. The third-order valence-corrected chi connectivity index (χ3v) is 2.66. The summed E-state index contributed by atoms with van der Waals surface area (Å²) in [7, 11) is 1.71. The van der Waals surface area contributed by atoms with Gasteiger partial charge in [0.2, 0.25) is 5.91 Å². The second-order valence-electron chi connectivity index (χ2n) is 4.11. The maximum absolute atomic E-state index is 11.0. The zero-order valence-electron chi connectivity index (χ0n) is 12.4. The van der Waals surface area contributed by atoms with Gasteiger partial charge in [-0.2, -0.15) is 0 Å². The van der Waals surface area contributed by atoms with Crippen LogP contribution in [-0.2, 0) is 11.3 Å². The first-order valence-corrected chi connectivity index (χ1v) is 6.58. The molecule has 0 saturated carbocycles. The highest BCUT2D eigenvalue weighted by Crippen LogP contribution is 2.03. The second-order valence-corrected chi connectivity index (χ2v) is 4.11. The highest BCUT2D eigenvalue weighted by atomic mass is 127. The number of hydrogen-bond acceptors (Lipinski definition) is 3. The Bertz CT molecular complexity index is 449. The predicted molar refractivity (Wildman–Crippen MR) is 95.1 cm³/mol. The maximum Gasteiger partial charge on any atom is 0.248 e. The molecule has 0 heterocycles. The summed E-state index contributed by atoms with van der Waals surface area (Å²) in [5.74, 6) is 0.293. The average Bonchev–Trinajstić information content (AvgIpc) is 2.47. The monoisotopic (exact) mass is 406 g/mol. The molecule has 1 aromatic rings. The van der Waals surface area contributed by atoms with Gasteiger partial charge in [-0.05, 0) is 24.6 Å². The molecule has 0 fully saturated rings. The standard InChI is InChI=1S/C14H22N4O2.HI/c1-3-20-9-8-17-14(16-2)18-10-11-4-6-12(7-5-11)13(15)19;/h4-7H,3,8-10H2,1-2H3,(H2,15,19)(H2,16,17,18);1H. The van der Waals surface area contributed by atoms with Crippen LogP contribution in [0.2, 0.25) is 0 Å². The minimum absolute atomic E-state index is 0. The number of hydrogen-bond donors (Lipinski definition) is 3. The van der Waals surface area contributed by atoms with E-state index < -0.39 is 5.91 Å². The summed E-state index contributed by atoms with van der Waals surface area (Å²) in [4.78, 5) is 15.1. The number of carbonyl (C=O) groups is 1. The van der Waals surface area contributed by atoms with Crippen molar-refractivity contribution >= 4 is 35.8 Å². The van der Waals surface area contributed by atoms with E-state index in [2.05, 4.69) is 15.6 Å². The first-order valence-electron chi connectivity index (χ1n) is 6.58. The van der Waals surface area contributed by atoms with Crippen molar-refractivity contribution in [2.75, 3.05) is 26.8 Å². The van der Waals surface area contributed by atoms with Gasteiger partial charge in [-0.3, -0.25) is 9.79 Å². The highest BCUT2D eigenvalue weighted by Gasteiger charge is 2.01. The number of amides is 1. The van der Waals surface area contributed by atoms with Gasteiger partial charge in [0.15, 0.2) is 5.96 Å². The molecule has 7 heteroatoms. The van der Waals surface area contributed by atoms with Crippen molar-refractivity contribution in [2.45, 2.75) is 13.5 Å². The summed E-state index contributed by atoms with van der Waals surface area (Å²) >= 11 is 0. The molecule has 0 aromatic heterocycles. The van der Waals surface area contributed by atoms with Crippen LogP contribution in [0.3, 0.4) is 0 Å². The van der Waals surface area contributed by atoms with Crippen LogP contribution < -0.4 is 16.4 Å². The Morgan fingerprint density at radius 3 is 2.48 bits per heavy atom. The average molecular weight is 406 g/mol. The van der Waals surface area contributed by atoms with Crippen LogP contribution >= 0.6 is 24.0 Å². The van der Waals surface area contributed by atoms with Gasteiger partial charge >= 0.3 is 0 Å². The first-order chi connectivity index (χ1) is 9.67. The Hall–Kier alpha value is -1.35. The molecule has 1 aromatic carbocycles. The maximum atomic E-state index is 11.0. The molecule has 1 amide bonds. The van der Waals surface area contributed by atoms with Crippen molar-refractivity contribution in [1.29, 1.82) is 0 Å². The van der Waals surface area contributed by atoms with Gasteiger partial charge in [0.1, 0.15) is 0 Å². The Morgan fingerprint density at radius 1 is 1.29 bits per heavy atom. The Balaban J connectivity index is 0.00000400. The van der Waals surface area contributed by atoms with Crippen LogP contribution in [0.25, 0.3) is 0 Å². The topological polar surface area (TPSA) is 88.7 Å². The molecule has 0 atom stereocenters. The third kappa shape index (κ3) is 7.86. The predicted octanol–water partition coefficient (Wildman–Crippen LogP) is 1.10. The van der Waals surface area contributed by atoms with Crippen LogP contribution in [0.5, 0.6) is 0 Å². The number of nitrogens with zero attached hydrogens (tertiary/aromatic N) is 1. The first kappa shape index (κ1) is 19.7. The van der Waals surface area contributed by atoms with Crippen molar-refractivity contribution in [2.24, 2.45) is 10.7 Å². The van der Waals surface area contributed by atoms with Gasteiger partial charge in [-0.25, -0.2) is 0 Å². The summed E-state index contributed by atoms with van der Waals surface area (Å²) < 4.78 is 5.24. The van der Waals surface area contributed by atoms with Crippen LogP contribution in [0.15, 0.2) is 29.3 Å². The highest BCUT2D eigenvalue weighted by molar-refractivity contribution is 14.0. The fourth-order valence-corrected chi connectivity index (χ4v) is 1.58. The molecule has 0 spiro atoms. The van der Waals surface area contributed by atoms with E-state index in [1.54, 1.807) is 19.2 Å². The minimum atomic E-state index is -0.419. The zero-order chi connectivity index (χ0) is 14.8. The number of guanidine groups is 1. The van der Waals surface area contributed by atoms with E-state index in [9.17, 15) is 4.79 Å². The molecule has 0 unspecified atom stereocenters. The molecule has 21 heavy (non-hydrogen) atoms. The van der Waals surface area contributed by atoms with Gasteiger partial charge in [0, 0.05) is 32.3 Å². The molecule has 1 rings (SSSR count). The Kier molecular flexibility index (Phi) is 10.6. The lowest BCUT2D eigenvalue weighted by Gasteiger charge is -2.12. The van der Waals surface area contributed by atoms with E-state index in [1.165, 1.54) is 0 Å². The number of nitrogens with two attached hydrogens (primary N) is 1. The molecular weight excluding hydrogens is 383 g/mol. The lowest BCUT2D eigenvalue weighted by atomic mass is 10.1. The number of rotatable bonds is 7. The van der Waals surface area contributed by atoms with Crippen LogP contribution in [0, 0.1) is 0 Å². The summed E-state index contributed by atoms with van der Waals surface area (Å²) in [6.07, 6.45) is 0. The second kappa shape index (κ2) is 11.3. The number of primary amides is 1. The van der Waals surface area contributed by atoms with Gasteiger partial charge < -0.3 is 21.1 Å². The summed E-state index contributed by atoms with van der Waals surface area (Å²) in [6, 6.07) is 7.15. The largest absolute Gasteiger partial charge is 0.380 e. The molecule has 6 nitrogen and oxygen atoms in total. The van der Waals surface area contributed by atoms with Crippen molar-refractivity contribution in [3.8, 4) is 0 Å². The fraction of sp³-hybridized carbons (Fsp3) is 0.429. The lowest BCUT2D eigenvalue weighted by molar-refractivity contribution is 0.100. The molecule has 0 aliphatic carbocycles. The third-order valence-electron chi connectivity index (χ3n) is 2.66. The van der Waals surface area contributed by atoms with Gasteiger partial charge in [-0.1, -0.05) is 12.1 Å². The lowest BCUT2D eigenvalue weighted by Crippen LogP contribution is -2.38. The Labute approximate surface area is 142 Å².